The van der Waals surface area contributed by atoms with Gasteiger partial charge in [0.25, 0.3) is 5.91 Å². The number of nitrogens with zero attached hydrogens (tertiary/aromatic N) is 5. The van der Waals surface area contributed by atoms with Crippen molar-refractivity contribution in [3.8, 4) is 5.75 Å². The highest BCUT2D eigenvalue weighted by atomic mass is 35.5. The molecule has 1 aromatic heterocycles. The molecular formula is C20H24ClN5O3. The molecule has 29 heavy (non-hydrogen) atoms. The number of morpholine rings is 1. The van der Waals surface area contributed by atoms with Gasteiger partial charge in [0.1, 0.15) is 5.75 Å². The first-order valence-electron chi connectivity index (χ1n) is 9.69. The second-order valence-corrected chi connectivity index (χ2v) is 7.43. The number of carbonyl (C=O) groups is 1. The van der Waals surface area contributed by atoms with E-state index in [0.29, 0.717) is 42.5 Å². The topological polar surface area (TPSA) is 71.0 Å². The molecule has 0 atom stereocenters. The highest BCUT2D eigenvalue weighted by molar-refractivity contribution is 6.31. The molecule has 2 aromatic rings. The number of piperazine rings is 1. The number of ether oxygens (including phenoxy) is 2. The summed E-state index contributed by atoms with van der Waals surface area (Å²) < 4.78 is 10.7. The van der Waals surface area contributed by atoms with Crippen LogP contribution in [0.3, 0.4) is 0 Å². The molecule has 0 unspecified atom stereocenters. The van der Waals surface area contributed by atoms with Crippen LogP contribution < -0.4 is 14.5 Å². The molecule has 8 nitrogen and oxygen atoms in total. The van der Waals surface area contributed by atoms with Crippen LogP contribution >= 0.6 is 11.6 Å². The van der Waals surface area contributed by atoms with Crippen LogP contribution in [0.1, 0.15) is 10.4 Å². The van der Waals surface area contributed by atoms with Crippen molar-refractivity contribution < 1.29 is 14.3 Å². The van der Waals surface area contributed by atoms with Gasteiger partial charge < -0.3 is 24.2 Å². The minimum atomic E-state index is -0.0721. The number of hydrogen-bond donors (Lipinski definition) is 0. The number of benzene rings is 1. The third-order valence-corrected chi connectivity index (χ3v) is 5.52. The summed E-state index contributed by atoms with van der Waals surface area (Å²) in [6, 6.07) is 7.16. The van der Waals surface area contributed by atoms with Crippen molar-refractivity contribution in [3.63, 3.8) is 0 Å². The van der Waals surface area contributed by atoms with Gasteiger partial charge in [0, 0.05) is 50.4 Å². The van der Waals surface area contributed by atoms with Gasteiger partial charge in [0.05, 0.1) is 37.8 Å². The Morgan fingerprint density at radius 1 is 1.07 bits per heavy atom. The molecule has 0 aliphatic carbocycles. The summed E-state index contributed by atoms with van der Waals surface area (Å²) in [5.74, 6) is 1.30. The minimum Gasteiger partial charge on any atom is -0.496 e. The van der Waals surface area contributed by atoms with Crippen LogP contribution in [0.2, 0.25) is 5.02 Å². The van der Waals surface area contributed by atoms with E-state index < -0.39 is 0 Å². The zero-order valence-electron chi connectivity index (χ0n) is 16.4. The number of rotatable bonds is 4. The molecular weight excluding hydrogens is 394 g/mol. The monoisotopic (exact) mass is 417 g/mol. The molecule has 0 spiro atoms. The van der Waals surface area contributed by atoms with E-state index in [1.54, 1.807) is 31.5 Å². The van der Waals surface area contributed by atoms with Crippen molar-refractivity contribution in [1.29, 1.82) is 0 Å². The van der Waals surface area contributed by atoms with Crippen molar-refractivity contribution in [3.05, 3.63) is 41.0 Å². The maximum absolute atomic E-state index is 13.0. The maximum Gasteiger partial charge on any atom is 0.257 e. The van der Waals surface area contributed by atoms with E-state index in [4.69, 9.17) is 21.1 Å². The predicted octanol–water partition coefficient (Wildman–Crippen LogP) is 1.94. The van der Waals surface area contributed by atoms with Gasteiger partial charge in [-0.05, 0) is 18.2 Å². The van der Waals surface area contributed by atoms with Crippen molar-refractivity contribution >= 4 is 29.0 Å². The van der Waals surface area contributed by atoms with Crippen LogP contribution in [-0.4, -0.2) is 80.6 Å². The van der Waals surface area contributed by atoms with Crippen LogP contribution in [0.25, 0.3) is 0 Å². The van der Waals surface area contributed by atoms with E-state index in [1.807, 2.05) is 4.90 Å². The zero-order chi connectivity index (χ0) is 20.2. The van der Waals surface area contributed by atoms with Crippen LogP contribution in [0.4, 0.5) is 11.5 Å². The molecule has 9 heteroatoms. The van der Waals surface area contributed by atoms with E-state index in [9.17, 15) is 4.79 Å². The predicted molar refractivity (Wildman–Crippen MR) is 111 cm³/mol. The summed E-state index contributed by atoms with van der Waals surface area (Å²) in [6.45, 7) is 5.74. The third kappa shape index (κ3) is 4.38. The molecule has 2 aliphatic rings. The Morgan fingerprint density at radius 3 is 2.55 bits per heavy atom. The van der Waals surface area contributed by atoms with Crippen molar-refractivity contribution in [2.75, 3.05) is 69.4 Å². The van der Waals surface area contributed by atoms with Crippen LogP contribution in [0, 0.1) is 0 Å². The Hall–Kier alpha value is -2.58. The normalized spacial score (nSPS) is 17.4. The van der Waals surface area contributed by atoms with E-state index in [2.05, 4.69) is 26.1 Å². The largest absolute Gasteiger partial charge is 0.496 e. The van der Waals surface area contributed by atoms with Gasteiger partial charge >= 0.3 is 0 Å². The first-order valence-corrected chi connectivity index (χ1v) is 10.1. The fourth-order valence-electron chi connectivity index (χ4n) is 3.65. The molecule has 2 aliphatic heterocycles. The number of anilines is 2. The molecule has 2 fully saturated rings. The van der Waals surface area contributed by atoms with E-state index >= 15 is 0 Å². The van der Waals surface area contributed by atoms with Gasteiger partial charge in [-0.15, -0.1) is 5.10 Å². The number of carbonyl (C=O) groups excluding carboxylic acids is 1. The molecule has 4 rings (SSSR count). The standard InChI is InChI=1S/C20H24ClN5O3/c1-28-18-3-2-15(21)12-17(18)20(27)26-6-4-25(5-7-26)19-13-16(14-22-23-19)24-8-10-29-11-9-24/h2-3,12-14H,4-11H2,1H3. The Labute approximate surface area is 175 Å². The van der Waals surface area contributed by atoms with Crippen molar-refractivity contribution in [1.82, 2.24) is 15.1 Å². The van der Waals surface area contributed by atoms with Crippen LogP contribution in [-0.2, 0) is 4.74 Å². The Morgan fingerprint density at radius 2 is 1.83 bits per heavy atom. The van der Waals surface area contributed by atoms with Gasteiger partial charge in [0.15, 0.2) is 5.82 Å². The van der Waals surface area contributed by atoms with Gasteiger partial charge in [-0.2, -0.15) is 5.10 Å². The molecule has 0 N–H and O–H groups in total. The molecule has 1 amide bonds. The molecule has 0 bridgehead atoms. The number of methoxy groups -OCH3 is 1. The number of amides is 1. The smallest absolute Gasteiger partial charge is 0.257 e. The second-order valence-electron chi connectivity index (χ2n) is 7.00. The molecule has 1 aromatic carbocycles. The number of aromatic nitrogens is 2. The first kappa shape index (κ1) is 19.7. The highest BCUT2D eigenvalue weighted by Crippen LogP contribution is 2.25. The molecule has 3 heterocycles. The lowest BCUT2D eigenvalue weighted by molar-refractivity contribution is 0.0743. The highest BCUT2D eigenvalue weighted by Gasteiger charge is 2.25. The average Bonchev–Trinajstić information content (AvgIpc) is 2.79. The molecule has 0 radical (unpaired) electrons. The number of halogens is 1. The fourth-order valence-corrected chi connectivity index (χ4v) is 3.82. The summed E-state index contributed by atoms with van der Waals surface area (Å²) in [6.07, 6.45) is 1.79. The first-order chi connectivity index (χ1) is 14.2. The molecule has 0 saturated carbocycles. The zero-order valence-corrected chi connectivity index (χ0v) is 17.1. The molecule has 2 saturated heterocycles. The van der Waals surface area contributed by atoms with E-state index in [0.717, 1.165) is 37.8 Å². The fraction of sp³-hybridized carbons (Fsp3) is 0.450. The van der Waals surface area contributed by atoms with Gasteiger partial charge in [-0.25, -0.2) is 0 Å². The lowest BCUT2D eigenvalue weighted by Gasteiger charge is -2.36. The lowest BCUT2D eigenvalue weighted by Crippen LogP contribution is -2.49. The third-order valence-electron chi connectivity index (χ3n) is 5.29. The van der Waals surface area contributed by atoms with Gasteiger partial charge in [-0.1, -0.05) is 11.6 Å². The average molecular weight is 418 g/mol. The SMILES string of the molecule is COc1ccc(Cl)cc1C(=O)N1CCN(c2cc(N3CCOCC3)cnn2)CC1. The second kappa shape index (κ2) is 8.84. The van der Waals surface area contributed by atoms with Crippen molar-refractivity contribution in [2.24, 2.45) is 0 Å². The van der Waals surface area contributed by atoms with Gasteiger partial charge in [-0.3, -0.25) is 4.79 Å². The molecule has 154 valence electrons. The van der Waals surface area contributed by atoms with E-state index in [-0.39, 0.29) is 5.91 Å². The number of hydrogen-bond acceptors (Lipinski definition) is 7. The summed E-state index contributed by atoms with van der Waals surface area (Å²) in [4.78, 5) is 19.2. The van der Waals surface area contributed by atoms with Gasteiger partial charge in [0.2, 0.25) is 0 Å². The van der Waals surface area contributed by atoms with Crippen molar-refractivity contribution in [2.45, 2.75) is 0 Å². The Balaban J connectivity index is 1.42. The summed E-state index contributed by atoms with van der Waals surface area (Å²) in [7, 11) is 1.55. The summed E-state index contributed by atoms with van der Waals surface area (Å²) in [5.41, 5.74) is 1.54. The lowest BCUT2D eigenvalue weighted by atomic mass is 10.1. The van der Waals surface area contributed by atoms with E-state index in [1.165, 1.54) is 0 Å². The maximum atomic E-state index is 13.0. The Kier molecular flexibility index (Phi) is 6.01. The summed E-state index contributed by atoms with van der Waals surface area (Å²) >= 11 is 6.08. The van der Waals surface area contributed by atoms with Crippen LogP contribution in [0.5, 0.6) is 5.75 Å². The minimum absolute atomic E-state index is 0.0721. The Bertz CT molecular complexity index is 867. The van der Waals surface area contributed by atoms with Crippen LogP contribution in [0.15, 0.2) is 30.5 Å². The quantitative estimate of drug-likeness (QED) is 0.752. The summed E-state index contributed by atoms with van der Waals surface area (Å²) in [5, 5.41) is 9.00.